The van der Waals surface area contributed by atoms with Gasteiger partial charge in [-0.3, -0.25) is 4.79 Å². The van der Waals surface area contributed by atoms with E-state index in [9.17, 15) is 4.79 Å². The minimum Gasteiger partial charge on any atom is -0.360 e. The van der Waals surface area contributed by atoms with E-state index in [4.69, 9.17) is 4.52 Å². The number of anilines is 1. The van der Waals surface area contributed by atoms with Crippen LogP contribution in [0.5, 0.6) is 0 Å². The molecule has 1 amide bonds. The SMILES string of the molecule is Cc1cc(NC(=O)c2ccc(-c3nc4ccccc4s3)s2)no1. The molecule has 0 bridgehead atoms. The molecule has 1 N–H and O–H groups in total. The van der Waals surface area contributed by atoms with Crippen LogP contribution < -0.4 is 5.32 Å². The summed E-state index contributed by atoms with van der Waals surface area (Å²) >= 11 is 3.04. The summed E-state index contributed by atoms with van der Waals surface area (Å²) < 4.78 is 6.08. The van der Waals surface area contributed by atoms with Crippen molar-refractivity contribution in [1.82, 2.24) is 10.1 Å². The topological polar surface area (TPSA) is 68.0 Å². The average Bonchev–Trinajstić information content (AvgIpc) is 3.25. The lowest BCUT2D eigenvalue weighted by Crippen LogP contribution is -2.10. The van der Waals surface area contributed by atoms with Gasteiger partial charge in [0.15, 0.2) is 5.82 Å². The Morgan fingerprint density at radius 2 is 2.04 bits per heavy atom. The highest BCUT2D eigenvalue weighted by Crippen LogP contribution is 2.34. The van der Waals surface area contributed by atoms with Crippen molar-refractivity contribution in [2.75, 3.05) is 5.32 Å². The number of carbonyl (C=O) groups is 1. The second-order valence-corrected chi connectivity index (χ2v) is 7.04. The van der Waals surface area contributed by atoms with Crippen molar-refractivity contribution in [3.05, 3.63) is 53.1 Å². The number of thiophene rings is 1. The van der Waals surface area contributed by atoms with Crippen LogP contribution in [0, 0.1) is 6.92 Å². The number of nitrogens with one attached hydrogen (secondary N) is 1. The molecule has 0 aliphatic heterocycles. The summed E-state index contributed by atoms with van der Waals surface area (Å²) in [6, 6.07) is 13.4. The van der Waals surface area contributed by atoms with Gasteiger partial charge in [0, 0.05) is 6.07 Å². The number of aryl methyl sites for hydroxylation is 1. The fourth-order valence-electron chi connectivity index (χ4n) is 2.16. The predicted octanol–water partition coefficient (Wildman–Crippen LogP) is 4.57. The summed E-state index contributed by atoms with van der Waals surface area (Å²) in [5.41, 5.74) is 0.977. The molecule has 0 saturated heterocycles. The van der Waals surface area contributed by atoms with E-state index < -0.39 is 0 Å². The molecular weight excluding hydrogens is 330 g/mol. The van der Waals surface area contributed by atoms with Crippen molar-refractivity contribution in [2.45, 2.75) is 6.92 Å². The van der Waals surface area contributed by atoms with Gasteiger partial charge in [0.1, 0.15) is 10.8 Å². The van der Waals surface area contributed by atoms with Gasteiger partial charge in [-0.15, -0.1) is 22.7 Å². The lowest BCUT2D eigenvalue weighted by Gasteiger charge is -1.96. The summed E-state index contributed by atoms with van der Waals surface area (Å²) in [6.45, 7) is 1.78. The maximum absolute atomic E-state index is 12.2. The van der Waals surface area contributed by atoms with Crippen LogP contribution in [0.2, 0.25) is 0 Å². The zero-order valence-electron chi connectivity index (χ0n) is 12.1. The highest BCUT2D eigenvalue weighted by Gasteiger charge is 2.14. The van der Waals surface area contributed by atoms with Gasteiger partial charge in [0.2, 0.25) is 0 Å². The smallest absolute Gasteiger partial charge is 0.266 e. The Kier molecular flexibility index (Phi) is 3.44. The Morgan fingerprint density at radius 1 is 1.17 bits per heavy atom. The highest BCUT2D eigenvalue weighted by atomic mass is 32.1. The number of rotatable bonds is 3. The first kappa shape index (κ1) is 14.1. The highest BCUT2D eigenvalue weighted by molar-refractivity contribution is 7.26. The molecule has 4 aromatic rings. The molecule has 0 aliphatic carbocycles. The van der Waals surface area contributed by atoms with Gasteiger partial charge in [0.05, 0.1) is 20.0 Å². The standard InChI is InChI=1S/C16H11N3O2S2/c1-9-8-14(19-21-9)18-15(20)12-6-7-13(22-12)16-17-10-4-2-3-5-11(10)23-16/h2-8H,1H3,(H,18,19,20). The Morgan fingerprint density at radius 3 is 2.83 bits per heavy atom. The molecule has 23 heavy (non-hydrogen) atoms. The van der Waals surface area contributed by atoms with Crippen molar-refractivity contribution in [1.29, 1.82) is 0 Å². The maximum atomic E-state index is 12.2. The van der Waals surface area contributed by atoms with Crippen molar-refractivity contribution in [3.8, 4) is 9.88 Å². The molecule has 0 fully saturated rings. The van der Waals surface area contributed by atoms with Gasteiger partial charge >= 0.3 is 0 Å². The van der Waals surface area contributed by atoms with Crippen LogP contribution in [-0.4, -0.2) is 16.0 Å². The Hall–Kier alpha value is -2.51. The average molecular weight is 341 g/mol. The van der Waals surface area contributed by atoms with Gasteiger partial charge in [-0.1, -0.05) is 17.3 Å². The molecule has 114 valence electrons. The van der Waals surface area contributed by atoms with E-state index in [0.29, 0.717) is 16.5 Å². The monoisotopic (exact) mass is 341 g/mol. The van der Waals surface area contributed by atoms with Gasteiger partial charge in [-0.05, 0) is 31.2 Å². The van der Waals surface area contributed by atoms with E-state index in [0.717, 1.165) is 20.1 Å². The van der Waals surface area contributed by atoms with E-state index in [1.807, 2.05) is 30.3 Å². The third-order valence-electron chi connectivity index (χ3n) is 3.20. The molecule has 4 rings (SSSR count). The van der Waals surface area contributed by atoms with Crippen molar-refractivity contribution >= 4 is 44.6 Å². The predicted molar refractivity (Wildman–Crippen MR) is 92.1 cm³/mol. The Bertz CT molecular complexity index is 967. The van der Waals surface area contributed by atoms with Crippen LogP contribution in [0.1, 0.15) is 15.4 Å². The Balaban J connectivity index is 1.59. The lowest BCUT2D eigenvalue weighted by atomic mass is 10.3. The lowest BCUT2D eigenvalue weighted by molar-refractivity contribution is 0.102. The summed E-state index contributed by atoms with van der Waals surface area (Å²) in [4.78, 5) is 18.4. The molecule has 3 heterocycles. The molecule has 3 aromatic heterocycles. The van der Waals surface area contributed by atoms with Crippen LogP contribution in [0.25, 0.3) is 20.1 Å². The third kappa shape index (κ3) is 2.76. The van der Waals surface area contributed by atoms with Gasteiger partial charge in [-0.25, -0.2) is 4.98 Å². The minimum absolute atomic E-state index is 0.198. The molecule has 0 radical (unpaired) electrons. The molecule has 0 unspecified atom stereocenters. The van der Waals surface area contributed by atoms with Gasteiger partial charge < -0.3 is 9.84 Å². The normalized spacial score (nSPS) is 11.0. The molecular formula is C16H11N3O2S2. The van der Waals surface area contributed by atoms with Crippen LogP contribution in [0.4, 0.5) is 5.82 Å². The fourth-order valence-corrected chi connectivity index (χ4v) is 4.08. The number of carbonyl (C=O) groups excluding carboxylic acids is 1. The summed E-state index contributed by atoms with van der Waals surface area (Å²) in [7, 11) is 0. The molecule has 1 aromatic carbocycles. The molecule has 0 aliphatic rings. The zero-order chi connectivity index (χ0) is 15.8. The van der Waals surface area contributed by atoms with Gasteiger partial charge in [0.25, 0.3) is 5.91 Å². The van der Waals surface area contributed by atoms with E-state index in [2.05, 4.69) is 15.5 Å². The molecule has 0 saturated carbocycles. The summed E-state index contributed by atoms with van der Waals surface area (Å²) in [5, 5.41) is 7.41. The number of benzene rings is 1. The van der Waals surface area contributed by atoms with Gasteiger partial charge in [-0.2, -0.15) is 0 Å². The van der Waals surface area contributed by atoms with Crippen LogP contribution in [0.3, 0.4) is 0 Å². The summed E-state index contributed by atoms with van der Waals surface area (Å²) in [5.74, 6) is 0.875. The zero-order valence-corrected chi connectivity index (χ0v) is 13.7. The maximum Gasteiger partial charge on any atom is 0.266 e. The van der Waals surface area contributed by atoms with Crippen LogP contribution >= 0.6 is 22.7 Å². The molecule has 0 atom stereocenters. The minimum atomic E-state index is -0.198. The largest absolute Gasteiger partial charge is 0.360 e. The number of aromatic nitrogens is 2. The van der Waals surface area contributed by atoms with E-state index in [1.165, 1.54) is 11.3 Å². The number of amides is 1. The van der Waals surface area contributed by atoms with E-state index in [1.54, 1.807) is 30.4 Å². The first-order valence-corrected chi connectivity index (χ1v) is 8.53. The van der Waals surface area contributed by atoms with Crippen molar-refractivity contribution in [3.63, 3.8) is 0 Å². The molecule has 5 nitrogen and oxygen atoms in total. The fraction of sp³-hybridized carbons (Fsp3) is 0.0625. The number of hydrogen-bond donors (Lipinski definition) is 1. The van der Waals surface area contributed by atoms with Crippen LogP contribution in [-0.2, 0) is 0 Å². The van der Waals surface area contributed by atoms with Crippen LogP contribution in [0.15, 0.2) is 47.0 Å². The first-order chi connectivity index (χ1) is 11.2. The van der Waals surface area contributed by atoms with E-state index >= 15 is 0 Å². The van der Waals surface area contributed by atoms with Crippen molar-refractivity contribution in [2.24, 2.45) is 0 Å². The second-order valence-electron chi connectivity index (χ2n) is 4.93. The van der Waals surface area contributed by atoms with E-state index in [-0.39, 0.29) is 5.91 Å². The molecule has 0 spiro atoms. The number of para-hydroxylation sites is 1. The third-order valence-corrected chi connectivity index (χ3v) is 5.49. The number of thiazole rings is 1. The molecule has 7 heteroatoms. The number of hydrogen-bond acceptors (Lipinski definition) is 6. The Labute approximate surface area is 139 Å². The van der Waals surface area contributed by atoms with Crippen molar-refractivity contribution < 1.29 is 9.32 Å². The number of fused-ring (bicyclic) bond motifs is 1. The second kappa shape index (κ2) is 5.60. The number of nitrogens with zero attached hydrogens (tertiary/aromatic N) is 2. The summed E-state index contributed by atoms with van der Waals surface area (Å²) in [6.07, 6.45) is 0. The first-order valence-electron chi connectivity index (χ1n) is 6.89. The quantitative estimate of drug-likeness (QED) is 0.592.